The van der Waals surface area contributed by atoms with Crippen molar-refractivity contribution in [3.63, 3.8) is 0 Å². The molecular weight excluding hydrogens is 512 g/mol. The van der Waals surface area contributed by atoms with Crippen molar-refractivity contribution in [2.75, 3.05) is 64.3 Å². The van der Waals surface area contributed by atoms with Crippen molar-refractivity contribution in [3.05, 3.63) is 70.8 Å². The highest BCUT2D eigenvalue weighted by Gasteiger charge is 2.34. The van der Waals surface area contributed by atoms with E-state index < -0.39 is 0 Å². The number of anilines is 1. The van der Waals surface area contributed by atoms with Gasteiger partial charge in [-0.15, -0.1) is 0 Å². The van der Waals surface area contributed by atoms with E-state index in [4.69, 9.17) is 4.98 Å². The summed E-state index contributed by atoms with van der Waals surface area (Å²) < 4.78 is 3.86. The Balaban J connectivity index is 1.05. The number of rotatable bonds is 6. The van der Waals surface area contributed by atoms with Crippen molar-refractivity contribution in [2.24, 2.45) is 5.41 Å². The number of piperazine rings is 1. The molecule has 7 heterocycles. The van der Waals surface area contributed by atoms with Crippen molar-refractivity contribution in [1.29, 1.82) is 0 Å². The van der Waals surface area contributed by atoms with Gasteiger partial charge in [-0.2, -0.15) is 0 Å². The minimum Gasteiger partial charge on any atom is -0.367 e. The van der Waals surface area contributed by atoms with E-state index in [0.717, 1.165) is 81.3 Å². The number of piperidine rings is 1. The first-order chi connectivity index (χ1) is 19.8. The Morgan fingerprint density at radius 3 is 2.46 bits per heavy atom. The lowest BCUT2D eigenvalue weighted by Gasteiger charge is -2.49. The Kier molecular flexibility index (Phi) is 6.84. The van der Waals surface area contributed by atoms with Crippen LogP contribution in [0.4, 0.5) is 5.69 Å². The van der Waals surface area contributed by atoms with Gasteiger partial charge in [-0.3, -0.25) is 19.6 Å². The minimum atomic E-state index is -0.0150. The molecule has 0 saturated carbocycles. The summed E-state index contributed by atoms with van der Waals surface area (Å²) >= 11 is 0. The fraction of sp³-hybridized carbons (Fsp3) is 0.531. The molecule has 3 aliphatic rings. The molecule has 3 fully saturated rings. The van der Waals surface area contributed by atoms with Crippen molar-refractivity contribution in [3.8, 4) is 0 Å². The Morgan fingerprint density at radius 2 is 1.68 bits per heavy atom. The highest BCUT2D eigenvalue weighted by atomic mass is 16.1. The van der Waals surface area contributed by atoms with E-state index in [0.29, 0.717) is 23.4 Å². The predicted molar refractivity (Wildman–Crippen MR) is 164 cm³/mol. The largest absolute Gasteiger partial charge is 0.367 e. The van der Waals surface area contributed by atoms with Crippen molar-refractivity contribution < 1.29 is 0 Å². The normalized spacial score (nSPS) is 21.1. The average molecular weight is 555 g/mol. The van der Waals surface area contributed by atoms with Gasteiger partial charge < -0.3 is 18.8 Å². The third kappa shape index (κ3) is 5.38. The number of fused-ring (bicyclic) bond motifs is 2. The molecule has 0 aromatic carbocycles. The molecule has 4 aromatic heterocycles. The summed E-state index contributed by atoms with van der Waals surface area (Å²) in [7, 11) is 2.20. The maximum Gasteiger partial charge on any atom is 0.260 e. The molecular formula is C32H42N8O. The van der Waals surface area contributed by atoms with E-state index >= 15 is 0 Å². The van der Waals surface area contributed by atoms with Crippen LogP contribution in [0.25, 0.3) is 16.4 Å². The van der Waals surface area contributed by atoms with E-state index in [1.54, 1.807) is 10.8 Å². The zero-order valence-corrected chi connectivity index (χ0v) is 24.7. The molecule has 3 saturated heterocycles. The second-order valence-electron chi connectivity index (χ2n) is 13.2. The average Bonchev–Trinajstić information content (AvgIpc) is 3.34. The van der Waals surface area contributed by atoms with Gasteiger partial charge in [0.15, 0.2) is 0 Å². The zero-order chi connectivity index (χ0) is 28.1. The number of likely N-dealkylation sites (N-methyl/N-ethyl adjacent to an activating group) is 1. The smallest absolute Gasteiger partial charge is 0.260 e. The van der Waals surface area contributed by atoms with Gasteiger partial charge in [0.25, 0.3) is 5.56 Å². The molecule has 0 N–H and O–H groups in total. The minimum absolute atomic E-state index is 0.0150. The zero-order valence-electron chi connectivity index (χ0n) is 24.7. The molecule has 3 aliphatic heterocycles. The third-order valence-electron chi connectivity index (χ3n) is 9.65. The molecule has 9 nitrogen and oxygen atoms in total. The van der Waals surface area contributed by atoms with Crippen LogP contribution in [0.2, 0.25) is 0 Å². The molecule has 0 bridgehead atoms. The highest BCUT2D eigenvalue weighted by molar-refractivity contribution is 5.93. The fourth-order valence-corrected chi connectivity index (χ4v) is 6.65. The summed E-state index contributed by atoms with van der Waals surface area (Å²) in [5, 5.41) is 1.66. The van der Waals surface area contributed by atoms with Crippen LogP contribution >= 0.6 is 0 Å². The number of hydrogen-bond donors (Lipinski definition) is 0. The van der Waals surface area contributed by atoms with E-state index in [2.05, 4.69) is 80.5 Å². The third-order valence-corrected chi connectivity index (χ3v) is 9.65. The molecule has 0 radical (unpaired) electrons. The van der Waals surface area contributed by atoms with Gasteiger partial charge in [-0.1, -0.05) is 19.9 Å². The van der Waals surface area contributed by atoms with Crippen LogP contribution in [0.1, 0.15) is 37.9 Å². The van der Waals surface area contributed by atoms with Crippen LogP contribution in [-0.2, 0) is 13.1 Å². The van der Waals surface area contributed by atoms with Crippen LogP contribution in [0, 0.1) is 5.41 Å². The summed E-state index contributed by atoms with van der Waals surface area (Å²) in [5.74, 6) is 0. The Bertz CT molecular complexity index is 1600. The van der Waals surface area contributed by atoms with Gasteiger partial charge in [-0.25, -0.2) is 4.98 Å². The lowest BCUT2D eigenvalue weighted by atomic mass is 9.82. The monoisotopic (exact) mass is 554 g/mol. The van der Waals surface area contributed by atoms with Gasteiger partial charge in [-0.05, 0) is 56.1 Å². The second-order valence-corrected chi connectivity index (χ2v) is 13.2. The van der Waals surface area contributed by atoms with E-state index in [1.165, 1.54) is 18.4 Å². The predicted octanol–water partition coefficient (Wildman–Crippen LogP) is 3.15. The van der Waals surface area contributed by atoms with Crippen LogP contribution in [0.5, 0.6) is 0 Å². The van der Waals surface area contributed by atoms with Crippen molar-refractivity contribution in [1.82, 2.24) is 33.6 Å². The topological polar surface area (TPSA) is 65.2 Å². The number of nitrogens with zero attached hydrogens (tertiary/aromatic N) is 8. The van der Waals surface area contributed by atoms with Crippen LogP contribution < -0.4 is 10.5 Å². The molecule has 0 unspecified atom stereocenters. The molecule has 7 rings (SSSR count). The Labute approximate surface area is 242 Å². The van der Waals surface area contributed by atoms with Gasteiger partial charge in [0.2, 0.25) is 0 Å². The van der Waals surface area contributed by atoms with E-state index in [1.807, 2.05) is 12.4 Å². The molecule has 0 spiro atoms. The Morgan fingerprint density at radius 1 is 0.902 bits per heavy atom. The standard InChI is InChI=1S/C32H42N8O/c1-32(2)7-10-36(11-8-32)18-24-4-5-30-34-25(21-40(30)19-24)20-38-9-6-27-28(31(38)41)16-33-17-29(27)39-22-26(23-39)37-14-12-35(3)13-15-37/h4-6,9,16-17,19,21,26H,7-8,10-15,18,20,22-23H2,1-3H3. The SMILES string of the molecule is CN1CCN(C2CN(c3cncc4c(=O)n(Cc5cn6cc(CN7CCC(C)(C)CC7)ccc6n5)ccc34)C2)CC1. The van der Waals surface area contributed by atoms with Gasteiger partial charge in [0.1, 0.15) is 5.65 Å². The summed E-state index contributed by atoms with van der Waals surface area (Å²) in [4.78, 5) is 32.8. The molecule has 41 heavy (non-hydrogen) atoms. The van der Waals surface area contributed by atoms with Gasteiger partial charge in [0.05, 0.1) is 29.5 Å². The maximum atomic E-state index is 13.5. The quantitative estimate of drug-likeness (QED) is 0.363. The Hall–Kier alpha value is -3.27. The molecule has 0 aliphatic carbocycles. The van der Waals surface area contributed by atoms with Crippen LogP contribution in [0.3, 0.4) is 0 Å². The first-order valence-electron chi connectivity index (χ1n) is 15.1. The van der Waals surface area contributed by atoms with Crippen LogP contribution in [-0.4, -0.2) is 99.1 Å². The number of likely N-dealkylation sites (tertiary alicyclic amines) is 1. The number of imidazole rings is 1. The first-order valence-corrected chi connectivity index (χ1v) is 15.1. The first kappa shape index (κ1) is 26.6. The van der Waals surface area contributed by atoms with Crippen molar-refractivity contribution in [2.45, 2.75) is 45.8 Å². The van der Waals surface area contributed by atoms with Crippen LogP contribution in [0.15, 0.2) is 54.0 Å². The summed E-state index contributed by atoms with van der Waals surface area (Å²) in [5.41, 5.74) is 4.59. The highest BCUT2D eigenvalue weighted by Crippen LogP contribution is 2.31. The lowest BCUT2D eigenvalue weighted by molar-refractivity contribution is 0.0964. The maximum absolute atomic E-state index is 13.5. The lowest BCUT2D eigenvalue weighted by Crippen LogP contribution is -2.63. The number of hydrogen-bond acceptors (Lipinski definition) is 7. The van der Waals surface area contributed by atoms with Gasteiger partial charge in [0, 0.05) is 82.0 Å². The van der Waals surface area contributed by atoms with Gasteiger partial charge >= 0.3 is 0 Å². The summed E-state index contributed by atoms with van der Waals surface area (Å²) in [6, 6.07) is 6.94. The second kappa shape index (κ2) is 10.5. The van der Waals surface area contributed by atoms with Crippen molar-refractivity contribution >= 4 is 22.1 Å². The van der Waals surface area contributed by atoms with E-state index in [9.17, 15) is 4.79 Å². The molecule has 4 aromatic rings. The molecule has 9 heteroatoms. The van der Waals surface area contributed by atoms with E-state index in [-0.39, 0.29) is 5.56 Å². The summed E-state index contributed by atoms with van der Waals surface area (Å²) in [6.45, 7) is 15.0. The number of aromatic nitrogens is 4. The summed E-state index contributed by atoms with van der Waals surface area (Å²) in [6.07, 6.45) is 12.3. The fourth-order valence-electron chi connectivity index (χ4n) is 6.65. The molecule has 0 amide bonds. The molecule has 0 atom stereocenters. The molecule has 216 valence electrons. The number of pyridine rings is 3.